The van der Waals surface area contributed by atoms with E-state index in [-0.39, 0.29) is 0 Å². The highest BCUT2D eigenvalue weighted by Gasteiger charge is 2.39. The molecule has 0 amide bonds. The third-order valence-electron chi connectivity index (χ3n) is 5.24. The number of hydrogen-bond donors (Lipinski definition) is 1. The minimum atomic E-state index is 0.463. The van der Waals surface area contributed by atoms with E-state index >= 15 is 0 Å². The molecule has 3 rings (SSSR count). The lowest BCUT2D eigenvalue weighted by Crippen LogP contribution is -2.17. The molecule has 0 aromatic heterocycles. The van der Waals surface area contributed by atoms with Gasteiger partial charge in [-0.1, -0.05) is 25.5 Å². The fourth-order valence-electron chi connectivity index (χ4n) is 4.06. The van der Waals surface area contributed by atoms with Crippen molar-refractivity contribution >= 4 is 11.8 Å². The van der Waals surface area contributed by atoms with E-state index < -0.39 is 0 Å². The Morgan fingerprint density at radius 1 is 1.20 bits per heavy atom. The van der Waals surface area contributed by atoms with Crippen LogP contribution in [0.25, 0.3) is 0 Å². The molecule has 1 nitrogen and oxygen atoms in total. The first-order valence-corrected chi connectivity index (χ1v) is 9.21. The zero-order chi connectivity index (χ0) is 13.9. The summed E-state index contributed by atoms with van der Waals surface area (Å²) in [5.41, 5.74) is 1.40. The quantitative estimate of drug-likeness (QED) is 0.749. The number of benzene rings is 1. The highest BCUT2D eigenvalue weighted by Crippen LogP contribution is 2.49. The highest BCUT2D eigenvalue weighted by molar-refractivity contribution is 7.99. The van der Waals surface area contributed by atoms with Crippen LogP contribution in [-0.2, 0) is 0 Å². The van der Waals surface area contributed by atoms with Crippen molar-refractivity contribution in [3.8, 4) is 0 Å². The molecule has 0 saturated heterocycles. The first-order valence-electron chi connectivity index (χ1n) is 8.22. The van der Waals surface area contributed by atoms with Crippen LogP contribution in [-0.4, -0.2) is 12.3 Å². The van der Waals surface area contributed by atoms with E-state index in [0.29, 0.717) is 6.04 Å². The molecule has 2 fully saturated rings. The summed E-state index contributed by atoms with van der Waals surface area (Å²) < 4.78 is 0. The van der Waals surface area contributed by atoms with Crippen LogP contribution in [0.3, 0.4) is 0 Å². The van der Waals surface area contributed by atoms with Crippen LogP contribution in [0.1, 0.15) is 51.1 Å². The van der Waals surface area contributed by atoms with Crippen molar-refractivity contribution in [3.63, 3.8) is 0 Å². The molecule has 1 aromatic carbocycles. The van der Waals surface area contributed by atoms with Crippen molar-refractivity contribution in [3.05, 3.63) is 29.8 Å². The van der Waals surface area contributed by atoms with Gasteiger partial charge < -0.3 is 5.32 Å². The van der Waals surface area contributed by atoms with Crippen molar-refractivity contribution < 1.29 is 0 Å². The van der Waals surface area contributed by atoms with Gasteiger partial charge in [-0.2, -0.15) is 0 Å². The summed E-state index contributed by atoms with van der Waals surface area (Å²) in [6.07, 6.45) is 6.06. The summed E-state index contributed by atoms with van der Waals surface area (Å²) in [5.74, 6) is 4.47. The molecular weight excluding hydrogens is 262 g/mol. The van der Waals surface area contributed by atoms with Gasteiger partial charge in [-0.05, 0) is 68.2 Å². The standard InChI is InChI=1S/C18H27NS/c1-3-19-13(2)15-6-8-18(9-7-15)20-12-17-11-14-4-5-16(17)10-14/h6-9,13-14,16-17,19H,3-5,10-12H2,1-2H3. The minimum Gasteiger partial charge on any atom is -0.310 e. The molecule has 2 bridgehead atoms. The van der Waals surface area contributed by atoms with E-state index in [9.17, 15) is 0 Å². The molecule has 20 heavy (non-hydrogen) atoms. The first-order chi connectivity index (χ1) is 9.76. The van der Waals surface area contributed by atoms with Crippen molar-refractivity contribution in [2.45, 2.75) is 50.5 Å². The molecule has 1 N–H and O–H groups in total. The molecule has 2 aliphatic carbocycles. The molecule has 0 aliphatic heterocycles. The Kier molecular flexibility index (Phi) is 4.72. The number of rotatable bonds is 6. The van der Waals surface area contributed by atoms with Gasteiger partial charge >= 0.3 is 0 Å². The Bertz CT molecular complexity index is 428. The second-order valence-electron chi connectivity index (χ2n) is 6.59. The third-order valence-corrected chi connectivity index (χ3v) is 6.44. The summed E-state index contributed by atoms with van der Waals surface area (Å²) in [4.78, 5) is 1.44. The molecule has 4 atom stereocenters. The predicted molar refractivity (Wildman–Crippen MR) is 88.2 cm³/mol. The van der Waals surface area contributed by atoms with Crippen LogP contribution in [0.4, 0.5) is 0 Å². The maximum absolute atomic E-state index is 3.47. The topological polar surface area (TPSA) is 12.0 Å². The average Bonchev–Trinajstić information content (AvgIpc) is 3.08. The van der Waals surface area contributed by atoms with Crippen molar-refractivity contribution in [2.75, 3.05) is 12.3 Å². The second-order valence-corrected chi connectivity index (χ2v) is 7.69. The van der Waals surface area contributed by atoms with Gasteiger partial charge in [0.15, 0.2) is 0 Å². The lowest BCUT2D eigenvalue weighted by Gasteiger charge is -2.21. The van der Waals surface area contributed by atoms with Gasteiger partial charge in [0.25, 0.3) is 0 Å². The predicted octanol–water partition coefficient (Wildman–Crippen LogP) is 4.89. The third kappa shape index (κ3) is 3.23. The van der Waals surface area contributed by atoms with Gasteiger partial charge in [0.2, 0.25) is 0 Å². The Balaban J connectivity index is 1.51. The SMILES string of the molecule is CCNC(C)c1ccc(SCC2CC3CCC2C3)cc1. The van der Waals surface area contributed by atoms with Crippen molar-refractivity contribution in [2.24, 2.45) is 17.8 Å². The van der Waals surface area contributed by atoms with E-state index in [0.717, 1.165) is 24.3 Å². The zero-order valence-electron chi connectivity index (χ0n) is 12.8. The summed E-state index contributed by atoms with van der Waals surface area (Å²) in [7, 11) is 0. The van der Waals surface area contributed by atoms with Gasteiger partial charge in [0.1, 0.15) is 0 Å². The van der Waals surface area contributed by atoms with Gasteiger partial charge in [0.05, 0.1) is 0 Å². The first kappa shape index (κ1) is 14.5. The molecule has 2 aliphatic rings. The molecular formula is C18H27NS. The summed E-state index contributed by atoms with van der Waals surface area (Å²) in [6, 6.07) is 9.65. The molecule has 4 unspecified atom stereocenters. The Hall–Kier alpha value is -0.470. The van der Waals surface area contributed by atoms with Gasteiger partial charge in [-0.15, -0.1) is 11.8 Å². The molecule has 0 radical (unpaired) electrons. The fourth-order valence-corrected chi connectivity index (χ4v) is 5.20. The molecule has 0 heterocycles. The molecule has 1 aromatic rings. The largest absolute Gasteiger partial charge is 0.310 e. The van der Waals surface area contributed by atoms with Crippen LogP contribution in [0.2, 0.25) is 0 Å². The number of hydrogen-bond acceptors (Lipinski definition) is 2. The number of thioether (sulfide) groups is 1. The lowest BCUT2D eigenvalue weighted by molar-refractivity contribution is 0.365. The Morgan fingerprint density at radius 2 is 2.00 bits per heavy atom. The normalized spacial score (nSPS) is 29.8. The van der Waals surface area contributed by atoms with Crippen LogP contribution in [0.5, 0.6) is 0 Å². The lowest BCUT2D eigenvalue weighted by atomic mass is 9.90. The van der Waals surface area contributed by atoms with E-state index in [1.807, 2.05) is 0 Å². The molecule has 0 spiro atoms. The van der Waals surface area contributed by atoms with E-state index in [1.165, 1.54) is 41.9 Å². The summed E-state index contributed by atoms with van der Waals surface area (Å²) >= 11 is 2.07. The number of fused-ring (bicyclic) bond motifs is 2. The Morgan fingerprint density at radius 3 is 2.60 bits per heavy atom. The fraction of sp³-hybridized carbons (Fsp3) is 0.667. The van der Waals surface area contributed by atoms with Gasteiger partial charge in [-0.3, -0.25) is 0 Å². The second kappa shape index (κ2) is 6.53. The van der Waals surface area contributed by atoms with Gasteiger partial charge in [-0.25, -0.2) is 0 Å². The van der Waals surface area contributed by atoms with Crippen molar-refractivity contribution in [1.29, 1.82) is 0 Å². The number of nitrogens with one attached hydrogen (secondary N) is 1. The molecule has 2 heteroatoms. The molecule has 2 saturated carbocycles. The van der Waals surface area contributed by atoms with Crippen LogP contribution < -0.4 is 5.32 Å². The minimum absolute atomic E-state index is 0.463. The van der Waals surface area contributed by atoms with E-state index in [1.54, 1.807) is 0 Å². The maximum atomic E-state index is 3.47. The van der Waals surface area contributed by atoms with E-state index in [2.05, 4.69) is 55.2 Å². The van der Waals surface area contributed by atoms with Crippen molar-refractivity contribution in [1.82, 2.24) is 5.32 Å². The summed E-state index contributed by atoms with van der Waals surface area (Å²) in [6.45, 7) is 5.43. The van der Waals surface area contributed by atoms with Crippen LogP contribution in [0, 0.1) is 17.8 Å². The maximum Gasteiger partial charge on any atom is 0.0291 e. The highest BCUT2D eigenvalue weighted by atomic mass is 32.2. The average molecular weight is 289 g/mol. The summed E-state index contributed by atoms with van der Waals surface area (Å²) in [5, 5.41) is 3.47. The monoisotopic (exact) mass is 289 g/mol. The molecule has 110 valence electrons. The van der Waals surface area contributed by atoms with E-state index in [4.69, 9.17) is 0 Å². The smallest absolute Gasteiger partial charge is 0.0291 e. The van der Waals surface area contributed by atoms with Gasteiger partial charge in [0, 0.05) is 16.7 Å². The van der Waals surface area contributed by atoms with Crippen LogP contribution in [0.15, 0.2) is 29.2 Å². The van der Waals surface area contributed by atoms with Crippen LogP contribution >= 0.6 is 11.8 Å². The Labute approximate surface area is 127 Å². The zero-order valence-corrected chi connectivity index (χ0v) is 13.6.